The van der Waals surface area contributed by atoms with E-state index in [-0.39, 0.29) is 11.3 Å². The normalized spacial score (nSPS) is 12.3. The second-order valence-corrected chi connectivity index (χ2v) is 5.29. The predicted octanol–water partition coefficient (Wildman–Crippen LogP) is 3.25. The maximum absolute atomic E-state index is 14.0. The van der Waals surface area contributed by atoms with E-state index in [1.165, 1.54) is 17.1 Å². The summed E-state index contributed by atoms with van der Waals surface area (Å²) in [5.74, 6) is -0.501. The Labute approximate surface area is 129 Å². The summed E-state index contributed by atoms with van der Waals surface area (Å²) in [5.41, 5.74) is 1.21. The molecule has 0 aliphatic rings. The average Bonchev–Trinajstić information content (AvgIpc) is 3.00. The maximum Gasteiger partial charge on any atom is 0.143 e. The minimum Gasteiger partial charge on any atom is -0.382 e. The molecular formula is C15H11BrFN3O. The molecule has 0 aliphatic carbocycles. The molecule has 4 nitrogen and oxygen atoms in total. The summed E-state index contributed by atoms with van der Waals surface area (Å²) in [6, 6.07) is 14.1. The van der Waals surface area contributed by atoms with E-state index in [9.17, 15) is 9.50 Å². The molecule has 0 amide bonds. The van der Waals surface area contributed by atoms with Gasteiger partial charge >= 0.3 is 0 Å². The molecule has 0 bridgehead atoms. The predicted molar refractivity (Wildman–Crippen MR) is 79.5 cm³/mol. The summed E-state index contributed by atoms with van der Waals surface area (Å²) >= 11 is 3.10. The Morgan fingerprint density at radius 1 is 1.10 bits per heavy atom. The van der Waals surface area contributed by atoms with Gasteiger partial charge in [-0.05, 0) is 34.1 Å². The van der Waals surface area contributed by atoms with Crippen LogP contribution in [-0.4, -0.2) is 20.1 Å². The number of benzene rings is 2. The number of para-hydroxylation sites is 1. The third kappa shape index (κ3) is 2.72. The lowest BCUT2D eigenvalue weighted by Crippen LogP contribution is -2.05. The third-order valence-electron chi connectivity index (χ3n) is 3.05. The van der Waals surface area contributed by atoms with Crippen LogP contribution in [0.1, 0.15) is 17.4 Å². The van der Waals surface area contributed by atoms with E-state index in [4.69, 9.17) is 0 Å². The summed E-state index contributed by atoms with van der Waals surface area (Å²) in [6.07, 6.45) is 0.262. The van der Waals surface area contributed by atoms with Gasteiger partial charge in [0.1, 0.15) is 17.6 Å². The Balaban J connectivity index is 1.95. The van der Waals surface area contributed by atoms with Crippen LogP contribution in [0.3, 0.4) is 0 Å². The first-order valence-electron chi connectivity index (χ1n) is 6.26. The molecule has 1 atom stereocenters. The van der Waals surface area contributed by atoms with Crippen LogP contribution in [0.2, 0.25) is 0 Å². The molecule has 1 unspecified atom stereocenters. The van der Waals surface area contributed by atoms with Gasteiger partial charge < -0.3 is 5.11 Å². The van der Waals surface area contributed by atoms with Crippen LogP contribution in [0.5, 0.6) is 0 Å². The number of aliphatic hydroxyl groups excluding tert-OH is 1. The van der Waals surface area contributed by atoms with E-state index in [0.29, 0.717) is 4.47 Å². The zero-order valence-corrected chi connectivity index (χ0v) is 12.4. The Morgan fingerprint density at radius 2 is 1.86 bits per heavy atom. The molecule has 0 saturated carbocycles. The fourth-order valence-corrected chi connectivity index (χ4v) is 2.36. The van der Waals surface area contributed by atoms with E-state index in [1.54, 1.807) is 12.1 Å². The van der Waals surface area contributed by atoms with Crippen molar-refractivity contribution in [1.82, 2.24) is 15.0 Å². The Bertz CT molecular complexity index is 761. The largest absolute Gasteiger partial charge is 0.382 e. The lowest BCUT2D eigenvalue weighted by molar-refractivity contribution is 0.209. The molecule has 1 N–H and O–H groups in total. The molecular weight excluding hydrogens is 337 g/mol. The van der Waals surface area contributed by atoms with Gasteiger partial charge in [-0.2, -0.15) is 15.0 Å². The molecule has 106 valence electrons. The van der Waals surface area contributed by atoms with Crippen molar-refractivity contribution in [2.24, 2.45) is 0 Å². The number of aromatic nitrogens is 3. The highest BCUT2D eigenvalue weighted by molar-refractivity contribution is 9.10. The number of halogens is 2. The molecule has 21 heavy (non-hydrogen) atoms. The zero-order valence-electron chi connectivity index (χ0n) is 10.8. The van der Waals surface area contributed by atoms with Crippen molar-refractivity contribution in [2.45, 2.75) is 6.10 Å². The quantitative estimate of drug-likeness (QED) is 0.791. The molecule has 1 aromatic heterocycles. The molecule has 0 saturated heterocycles. The van der Waals surface area contributed by atoms with Gasteiger partial charge in [0.25, 0.3) is 0 Å². The van der Waals surface area contributed by atoms with Gasteiger partial charge in [0, 0.05) is 5.56 Å². The SMILES string of the molecule is OC(c1cnn(-c2ccccc2)n1)c1cccc(Br)c1F. The van der Waals surface area contributed by atoms with Crippen molar-refractivity contribution in [3.63, 3.8) is 0 Å². The summed E-state index contributed by atoms with van der Waals surface area (Å²) in [7, 11) is 0. The lowest BCUT2D eigenvalue weighted by atomic mass is 10.1. The average molecular weight is 348 g/mol. The highest BCUT2D eigenvalue weighted by Gasteiger charge is 2.19. The third-order valence-corrected chi connectivity index (χ3v) is 3.67. The van der Waals surface area contributed by atoms with Crippen molar-refractivity contribution in [3.05, 3.63) is 76.3 Å². The zero-order chi connectivity index (χ0) is 14.8. The summed E-state index contributed by atoms with van der Waals surface area (Å²) < 4.78 is 14.3. The molecule has 6 heteroatoms. The molecule has 3 aromatic rings. The maximum atomic E-state index is 14.0. The van der Waals surface area contributed by atoms with E-state index < -0.39 is 11.9 Å². The molecule has 0 fully saturated rings. The number of nitrogens with zero attached hydrogens (tertiary/aromatic N) is 3. The Kier molecular flexibility index (Phi) is 3.81. The first kappa shape index (κ1) is 13.9. The lowest BCUT2D eigenvalue weighted by Gasteiger charge is -2.09. The van der Waals surface area contributed by atoms with Crippen LogP contribution in [0, 0.1) is 5.82 Å². The minimum atomic E-state index is -1.17. The van der Waals surface area contributed by atoms with E-state index >= 15 is 0 Å². The van der Waals surface area contributed by atoms with Crippen LogP contribution in [0.15, 0.2) is 59.2 Å². The first-order valence-corrected chi connectivity index (χ1v) is 7.06. The van der Waals surface area contributed by atoms with Crippen LogP contribution >= 0.6 is 15.9 Å². The molecule has 0 aliphatic heterocycles. The summed E-state index contributed by atoms with van der Waals surface area (Å²) in [5, 5.41) is 18.6. The van der Waals surface area contributed by atoms with E-state index in [1.807, 2.05) is 30.3 Å². The summed E-state index contributed by atoms with van der Waals surface area (Å²) in [6.45, 7) is 0. The second-order valence-electron chi connectivity index (χ2n) is 4.44. The van der Waals surface area contributed by atoms with Gasteiger partial charge in [-0.3, -0.25) is 0 Å². The molecule has 2 aromatic carbocycles. The highest BCUT2D eigenvalue weighted by Crippen LogP contribution is 2.27. The van der Waals surface area contributed by atoms with Gasteiger partial charge in [-0.15, -0.1) is 0 Å². The second kappa shape index (κ2) is 5.75. The number of hydrogen-bond donors (Lipinski definition) is 1. The monoisotopic (exact) mass is 347 g/mol. The molecule has 0 spiro atoms. The van der Waals surface area contributed by atoms with Crippen molar-refractivity contribution >= 4 is 15.9 Å². The fraction of sp³-hybridized carbons (Fsp3) is 0.0667. The van der Waals surface area contributed by atoms with Gasteiger partial charge in [0.05, 0.1) is 16.4 Å². The van der Waals surface area contributed by atoms with E-state index in [2.05, 4.69) is 26.1 Å². The topological polar surface area (TPSA) is 50.9 Å². The molecule has 0 radical (unpaired) electrons. The van der Waals surface area contributed by atoms with Gasteiger partial charge in [0.2, 0.25) is 0 Å². The molecule has 3 rings (SSSR count). The van der Waals surface area contributed by atoms with Crippen LogP contribution in [0.4, 0.5) is 4.39 Å². The van der Waals surface area contributed by atoms with Crippen LogP contribution in [-0.2, 0) is 0 Å². The smallest absolute Gasteiger partial charge is 0.143 e. The summed E-state index contributed by atoms with van der Waals surface area (Å²) in [4.78, 5) is 1.40. The first-order chi connectivity index (χ1) is 10.2. The van der Waals surface area contributed by atoms with Crippen LogP contribution in [0.25, 0.3) is 5.69 Å². The molecule has 1 heterocycles. The standard InChI is InChI=1S/C15H11BrFN3O/c16-12-8-4-7-11(14(12)17)15(21)13-9-18-20(19-13)10-5-2-1-3-6-10/h1-9,15,21H. The number of rotatable bonds is 3. The number of hydrogen-bond acceptors (Lipinski definition) is 3. The van der Waals surface area contributed by atoms with Crippen molar-refractivity contribution in [2.75, 3.05) is 0 Å². The Hall–Kier alpha value is -2.05. The van der Waals surface area contributed by atoms with E-state index in [0.717, 1.165) is 5.69 Å². The fourth-order valence-electron chi connectivity index (χ4n) is 1.98. The van der Waals surface area contributed by atoms with Crippen molar-refractivity contribution in [3.8, 4) is 5.69 Å². The van der Waals surface area contributed by atoms with Gasteiger partial charge in [-0.1, -0.05) is 30.3 Å². The van der Waals surface area contributed by atoms with Gasteiger partial charge in [0.15, 0.2) is 0 Å². The highest BCUT2D eigenvalue weighted by atomic mass is 79.9. The minimum absolute atomic E-state index is 0.157. The van der Waals surface area contributed by atoms with Gasteiger partial charge in [-0.25, -0.2) is 4.39 Å². The number of aliphatic hydroxyl groups is 1. The Morgan fingerprint density at radius 3 is 2.62 bits per heavy atom. The van der Waals surface area contributed by atoms with Crippen LogP contribution < -0.4 is 0 Å². The van der Waals surface area contributed by atoms with Crippen molar-refractivity contribution < 1.29 is 9.50 Å². The van der Waals surface area contributed by atoms with Crippen molar-refractivity contribution in [1.29, 1.82) is 0 Å².